The molecule has 2 aromatic rings. The number of methoxy groups -OCH3 is 2. The standard InChI is InChI=1S/C19H24N2O6/c1-11-14(12(2)27-21-11)7-8-18(22)20-16(10-19(23)24)15-6-5-13(25-3)9-17(15)26-4/h5-6,9,16H,7-8,10H2,1-4H3,(H,20,22)(H,23,24). The molecule has 0 radical (unpaired) electrons. The minimum atomic E-state index is -1.02. The zero-order chi connectivity index (χ0) is 20.0. The van der Waals surface area contributed by atoms with E-state index in [1.807, 2.05) is 6.92 Å². The Morgan fingerprint density at radius 2 is 2.00 bits per heavy atom. The average Bonchev–Trinajstić information content (AvgIpc) is 2.96. The lowest BCUT2D eigenvalue weighted by Gasteiger charge is -2.20. The first-order valence-corrected chi connectivity index (χ1v) is 8.50. The minimum absolute atomic E-state index is 0.192. The summed E-state index contributed by atoms with van der Waals surface area (Å²) in [6.45, 7) is 3.61. The van der Waals surface area contributed by atoms with Crippen LogP contribution in [0.25, 0.3) is 0 Å². The van der Waals surface area contributed by atoms with Gasteiger partial charge in [-0.2, -0.15) is 0 Å². The van der Waals surface area contributed by atoms with Gasteiger partial charge in [-0.1, -0.05) is 5.16 Å². The Bertz CT molecular complexity index is 795. The summed E-state index contributed by atoms with van der Waals surface area (Å²) >= 11 is 0. The molecule has 1 heterocycles. The number of hydrogen-bond donors (Lipinski definition) is 2. The number of carboxylic acids is 1. The third-order valence-corrected chi connectivity index (χ3v) is 4.31. The van der Waals surface area contributed by atoms with E-state index in [0.717, 1.165) is 11.3 Å². The maximum Gasteiger partial charge on any atom is 0.305 e. The number of rotatable bonds is 9. The predicted octanol–water partition coefficient (Wildman–Crippen LogP) is 2.57. The molecule has 1 aromatic carbocycles. The fourth-order valence-corrected chi connectivity index (χ4v) is 2.88. The molecule has 0 aliphatic heterocycles. The summed E-state index contributed by atoms with van der Waals surface area (Å²) in [4.78, 5) is 23.7. The van der Waals surface area contributed by atoms with Crippen molar-refractivity contribution in [3.8, 4) is 11.5 Å². The van der Waals surface area contributed by atoms with Crippen LogP contribution in [0, 0.1) is 13.8 Å². The fraction of sp³-hybridized carbons (Fsp3) is 0.421. The Kier molecular flexibility index (Phi) is 6.81. The van der Waals surface area contributed by atoms with Gasteiger partial charge in [-0.3, -0.25) is 9.59 Å². The molecule has 1 atom stereocenters. The first-order valence-electron chi connectivity index (χ1n) is 8.50. The number of amides is 1. The molecule has 0 saturated carbocycles. The average molecular weight is 376 g/mol. The number of nitrogens with zero attached hydrogens (tertiary/aromatic N) is 1. The number of aliphatic carboxylic acids is 1. The fourth-order valence-electron chi connectivity index (χ4n) is 2.88. The van der Waals surface area contributed by atoms with Crippen LogP contribution in [0.4, 0.5) is 0 Å². The number of carboxylic acid groups (broad SMARTS) is 1. The van der Waals surface area contributed by atoms with Crippen molar-refractivity contribution in [3.05, 3.63) is 40.8 Å². The van der Waals surface area contributed by atoms with Crippen LogP contribution in [-0.2, 0) is 16.0 Å². The molecule has 0 spiro atoms. The first-order chi connectivity index (χ1) is 12.8. The summed E-state index contributed by atoms with van der Waals surface area (Å²) in [6.07, 6.45) is 0.393. The number of aromatic nitrogens is 1. The van der Waals surface area contributed by atoms with Crippen LogP contribution in [0.5, 0.6) is 11.5 Å². The van der Waals surface area contributed by atoms with E-state index < -0.39 is 12.0 Å². The normalized spacial score (nSPS) is 11.7. The monoisotopic (exact) mass is 376 g/mol. The van der Waals surface area contributed by atoms with Gasteiger partial charge in [0.25, 0.3) is 0 Å². The van der Waals surface area contributed by atoms with Crippen LogP contribution >= 0.6 is 0 Å². The van der Waals surface area contributed by atoms with Crippen molar-refractivity contribution in [3.63, 3.8) is 0 Å². The van der Waals surface area contributed by atoms with E-state index in [4.69, 9.17) is 14.0 Å². The topological polar surface area (TPSA) is 111 Å². The Balaban J connectivity index is 2.14. The number of carbonyl (C=O) groups excluding carboxylic acids is 1. The highest BCUT2D eigenvalue weighted by molar-refractivity contribution is 5.78. The lowest BCUT2D eigenvalue weighted by molar-refractivity contribution is -0.137. The summed E-state index contributed by atoms with van der Waals surface area (Å²) in [5.41, 5.74) is 2.22. The van der Waals surface area contributed by atoms with Gasteiger partial charge in [0.2, 0.25) is 5.91 Å². The highest BCUT2D eigenvalue weighted by atomic mass is 16.5. The lowest BCUT2D eigenvalue weighted by atomic mass is 10.0. The Hall–Kier alpha value is -3.03. The van der Waals surface area contributed by atoms with Crippen LogP contribution in [-0.4, -0.2) is 36.4 Å². The quantitative estimate of drug-likeness (QED) is 0.692. The summed E-state index contributed by atoms with van der Waals surface area (Å²) in [5, 5.41) is 15.9. The maximum absolute atomic E-state index is 12.4. The van der Waals surface area contributed by atoms with E-state index in [0.29, 0.717) is 29.2 Å². The van der Waals surface area contributed by atoms with Gasteiger partial charge in [-0.25, -0.2) is 0 Å². The SMILES string of the molecule is COc1ccc(C(CC(=O)O)NC(=O)CCc2c(C)noc2C)c(OC)c1. The molecule has 146 valence electrons. The van der Waals surface area contributed by atoms with E-state index >= 15 is 0 Å². The Labute approximate surface area is 157 Å². The van der Waals surface area contributed by atoms with Crippen molar-refractivity contribution in [2.75, 3.05) is 14.2 Å². The van der Waals surface area contributed by atoms with E-state index in [9.17, 15) is 14.7 Å². The Morgan fingerprint density at radius 3 is 2.56 bits per heavy atom. The second kappa shape index (κ2) is 9.07. The number of hydrogen-bond acceptors (Lipinski definition) is 6. The molecular formula is C19H24N2O6. The molecule has 1 amide bonds. The Morgan fingerprint density at radius 1 is 1.26 bits per heavy atom. The van der Waals surface area contributed by atoms with Gasteiger partial charge in [0.05, 0.1) is 32.4 Å². The molecule has 27 heavy (non-hydrogen) atoms. The van der Waals surface area contributed by atoms with Crippen LogP contribution in [0.3, 0.4) is 0 Å². The van der Waals surface area contributed by atoms with Crippen molar-refractivity contribution < 1.29 is 28.7 Å². The summed E-state index contributed by atoms with van der Waals surface area (Å²) in [7, 11) is 3.01. The maximum atomic E-state index is 12.4. The van der Waals surface area contributed by atoms with Gasteiger partial charge in [0.1, 0.15) is 17.3 Å². The van der Waals surface area contributed by atoms with Gasteiger partial charge in [0, 0.05) is 23.6 Å². The molecule has 0 saturated heterocycles. The zero-order valence-corrected chi connectivity index (χ0v) is 15.9. The largest absolute Gasteiger partial charge is 0.497 e. The number of ether oxygens (including phenoxy) is 2. The van der Waals surface area contributed by atoms with Crippen molar-refractivity contribution in [2.24, 2.45) is 0 Å². The number of nitrogens with one attached hydrogen (secondary N) is 1. The first kappa shape index (κ1) is 20.3. The predicted molar refractivity (Wildman–Crippen MR) is 97.0 cm³/mol. The van der Waals surface area contributed by atoms with Crippen molar-refractivity contribution in [1.29, 1.82) is 0 Å². The second-order valence-electron chi connectivity index (χ2n) is 6.13. The third kappa shape index (κ3) is 5.22. The van der Waals surface area contributed by atoms with E-state index in [1.54, 1.807) is 25.1 Å². The molecule has 0 fully saturated rings. The molecule has 0 aliphatic carbocycles. The number of aryl methyl sites for hydroxylation is 2. The van der Waals surface area contributed by atoms with Crippen molar-refractivity contribution in [2.45, 2.75) is 39.2 Å². The van der Waals surface area contributed by atoms with E-state index in [-0.39, 0.29) is 18.7 Å². The molecule has 1 aromatic heterocycles. The number of carbonyl (C=O) groups is 2. The second-order valence-corrected chi connectivity index (χ2v) is 6.13. The molecule has 1 unspecified atom stereocenters. The highest BCUT2D eigenvalue weighted by Gasteiger charge is 2.22. The van der Waals surface area contributed by atoms with Gasteiger partial charge in [-0.05, 0) is 32.4 Å². The summed E-state index contributed by atoms with van der Waals surface area (Å²) < 4.78 is 15.6. The molecule has 2 rings (SSSR count). The van der Waals surface area contributed by atoms with Gasteiger partial charge >= 0.3 is 5.97 Å². The molecule has 0 bridgehead atoms. The minimum Gasteiger partial charge on any atom is -0.497 e. The molecule has 2 N–H and O–H groups in total. The van der Waals surface area contributed by atoms with Crippen molar-refractivity contribution in [1.82, 2.24) is 10.5 Å². The summed E-state index contributed by atoms with van der Waals surface area (Å²) in [6, 6.07) is 4.32. The van der Waals surface area contributed by atoms with Gasteiger partial charge in [0.15, 0.2) is 0 Å². The van der Waals surface area contributed by atoms with Crippen molar-refractivity contribution >= 4 is 11.9 Å². The number of benzene rings is 1. The van der Waals surface area contributed by atoms with Crippen LogP contribution in [0.15, 0.2) is 22.7 Å². The smallest absolute Gasteiger partial charge is 0.305 e. The molecule has 0 aliphatic rings. The molecular weight excluding hydrogens is 352 g/mol. The van der Waals surface area contributed by atoms with Crippen LogP contribution < -0.4 is 14.8 Å². The third-order valence-electron chi connectivity index (χ3n) is 4.31. The molecule has 8 nitrogen and oxygen atoms in total. The molecule has 8 heteroatoms. The van der Waals surface area contributed by atoms with E-state index in [1.165, 1.54) is 14.2 Å². The van der Waals surface area contributed by atoms with Gasteiger partial charge in [-0.15, -0.1) is 0 Å². The van der Waals surface area contributed by atoms with Crippen LogP contribution in [0.2, 0.25) is 0 Å². The lowest BCUT2D eigenvalue weighted by Crippen LogP contribution is -2.30. The van der Waals surface area contributed by atoms with Gasteiger partial charge < -0.3 is 24.4 Å². The van der Waals surface area contributed by atoms with Crippen LogP contribution in [0.1, 0.15) is 41.5 Å². The summed E-state index contributed by atoms with van der Waals surface area (Å²) in [5.74, 6) is 0.420. The van der Waals surface area contributed by atoms with E-state index in [2.05, 4.69) is 10.5 Å². The zero-order valence-electron chi connectivity index (χ0n) is 15.9. The highest BCUT2D eigenvalue weighted by Crippen LogP contribution is 2.31.